The van der Waals surface area contributed by atoms with Crippen molar-refractivity contribution < 1.29 is 0 Å². The zero-order chi connectivity index (χ0) is 6.95. The van der Waals surface area contributed by atoms with Crippen molar-refractivity contribution in [2.45, 2.75) is 51.8 Å². The van der Waals surface area contributed by atoms with E-state index in [1.165, 1.54) is 44.8 Å². The lowest BCUT2D eigenvalue weighted by atomic mass is 9.98. The van der Waals surface area contributed by atoms with E-state index >= 15 is 0 Å². The van der Waals surface area contributed by atoms with Crippen molar-refractivity contribution >= 4 is 32.7 Å². The second kappa shape index (κ2) is 16.9. The maximum absolute atomic E-state index is 2.26. The zero-order valence-corrected chi connectivity index (χ0v) is 9.40. The van der Waals surface area contributed by atoms with Crippen molar-refractivity contribution in [3.8, 4) is 0 Å². The van der Waals surface area contributed by atoms with Gasteiger partial charge in [-0.05, 0) is 0 Å². The molecule has 0 aromatic rings. The lowest BCUT2D eigenvalue weighted by Crippen LogP contribution is -1.77. The molecule has 0 saturated heterocycles. The Morgan fingerprint density at radius 1 is 0.818 bits per heavy atom. The first-order chi connectivity index (χ1) is 4.41. The molecule has 70 valence electrons. The predicted molar refractivity (Wildman–Crippen MR) is 61.2 cm³/mol. The van der Waals surface area contributed by atoms with Gasteiger partial charge in [-0.15, -0.1) is 24.8 Å². The molecule has 0 nitrogen and oxygen atoms in total. The van der Waals surface area contributed by atoms with Crippen molar-refractivity contribution in [1.82, 2.24) is 0 Å². The van der Waals surface area contributed by atoms with Crippen LogP contribution in [0.2, 0.25) is 6.32 Å². The van der Waals surface area contributed by atoms with E-state index < -0.39 is 0 Å². The lowest BCUT2D eigenvalue weighted by Gasteiger charge is -1.96. The van der Waals surface area contributed by atoms with Crippen LogP contribution in [0.25, 0.3) is 0 Å². The second-order valence-electron chi connectivity index (χ2n) is 2.77. The van der Waals surface area contributed by atoms with Gasteiger partial charge in [0.25, 0.3) is 0 Å². The van der Waals surface area contributed by atoms with Gasteiger partial charge in [0.05, 0.1) is 0 Å². The first-order valence-corrected chi connectivity index (χ1v) is 4.41. The SMILES string of the molecule is BCCCCCCCC.Cl.Cl. The molecule has 11 heavy (non-hydrogen) atoms. The molecule has 0 N–H and O–H groups in total. The average Bonchev–Trinajstić information content (AvgIpc) is 1.89. The first kappa shape index (κ1) is 17.7. The molecule has 0 spiro atoms. The van der Waals surface area contributed by atoms with E-state index in [0.717, 1.165) is 0 Å². The van der Waals surface area contributed by atoms with E-state index in [1.807, 2.05) is 0 Å². The van der Waals surface area contributed by atoms with Gasteiger partial charge in [0.1, 0.15) is 7.85 Å². The number of hydrogen-bond donors (Lipinski definition) is 0. The van der Waals surface area contributed by atoms with Crippen LogP contribution in [0.1, 0.15) is 45.4 Å². The van der Waals surface area contributed by atoms with Crippen molar-refractivity contribution in [2.24, 2.45) is 0 Å². The Morgan fingerprint density at radius 3 is 1.73 bits per heavy atom. The monoisotopic (exact) mass is 198 g/mol. The highest BCUT2D eigenvalue weighted by Gasteiger charge is 1.85. The fraction of sp³-hybridized carbons (Fsp3) is 1.00. The van der Waals surface area contributed by atoms with Gasteiger partial charge in [0.2, 0.25) is 0 Å². The quantitative estimate of drug-likeness (QED) is 0.455. The number of unbranched alkanes of at least 4 members (excludes halogenated alkanes) is 5. The first-order valence-electron chi connectivity index (χ1n) is 4.41. The van der Waals surface area contributed by atoms with Gasteiger partial charge in [0, 0.05) is 0 Å². The molecule has 0 aliphatic carbocycles. The maximum Gasteiger partial charge on any atom is 0.101 e. The molecule has 0 atom stereocenters. The molecule has 0 aliphatic heterocycles. The highest BCUT2D eigenvalue weighted by Crippen LogP contribution is 2.05. The summed E-state index contributed by atoms with van der Waals surface area (Å²) in [6.07, 6.45) is 9.97. The third-order valence-corrected chi connectivity index (χ3v) is 1.71. The van der Waals surface area contributed by atoms with Gasteiger partial charge in [0.15, 0.2) is 0 Å². The van der Waals surface area contributed by atoms with Gasteiger partial charge in [-0.2, -0.15) is 0 Å². The molecule has 0 aliphatic rings. The van der Waals surface area contributed by atoms with E-state index in [4.69, 9.17) is 0 Å². The number of halogens is 2. The van der Waals surface area contributed by atoms with Crippen molar-refractivity contribution in [1.29, 1.82) is 0 Å². The summed E-state index contributed by atoms with van der Waals surface area (Å²) in [5.74, 6) is 0. The summed E-state index contributed by atoms with van der Waals surface area (Å²) in [6.45, 7) is 2.26. The summed E-state index contributed by atoms with van der Waals surface area (Å²) in [5, 5.41) is 0. The van der Waals surface area contributed by atoms with Crippen LogP contribution >= 0.6 is 24.8 Å². The Balaban J connectivity index is -0.000000320. The molecule has 0 aromatic carbocycles. The Morgan fingerprint density at radius 2 is 1.27 bits per heavy atom. The molecule has 0 fully saturated rings. The van der Waals surface area contributed by atoms with Gasteiger partial charge >= 0.3 is 0 Å². The van der Waals surface area contributed by atoms with Crippen LogP contribution in [0, 0.1) is 0 Å². The lowest BCUT2D eigenvalue weighted by molar-refractivity contribution is 0.624. The fourth-order valence-corrected chi connectivity index (χ4v) is 1.03. The minimum atomic E-state index is 0. The fourth-order valence-electron chi connectivity index (χ4n) is 1.03. The topological polar surface area (TPSA) is 0 Å². The van der Waals surface area contributed by atoms with E-state index in [0.29, 0.717) is 0 Å². The summed E-state index contributed by atoms with van der Waals surface area (Å²) >= 11 is 0. The van der Waals surface area contributed by atoms with E-state index in [9.17, 15) is 0 Å². The van der Waals surface area contributed by atoms with Crippen LogP contribution in [0.4, 0.5) is 0 Å². The second-order valence-corrected chi connectivity index (χ2v) is 2.77. The van der Waals surface area contributed by atoms with Gasteiger partial charge in [-0.1, -0.05) is 51.8 Å². The Kier molecular flexibility index (Phi) is 27.2. The molecule has 0 radical (unpaired) electrons. The van der Waals surface area contributed by atoms with Crippen molar-refractivity contribution in [2.75, 3.05) is 0 Å². The third-order valence-electron chi connectivity index (χ3n) is 1.71. The highest BCUT2D eigenvalue weighted by molar-refractivity contribution is 6.08. The summed E-state index contributed by atoms with van der Waals surface area (Å²) in [5.41, 5.74) is 0. The molecular weight excluding hydrogens is 178 g/mol. The van der Waals surface area contributed by atoms with Gasteiger partial charge in [-0.3, -0.25) is 0 Å². The summed E-state index contributed by atoms with van der Waals surface area (Å²) in [6, 6.07) is 0. The largest absolute Gasteiger partial charge is 0.147 e. The zero-order valence-electron chi connectivity index (χ0n) is 7.77. The Bertz CT molecular complexity index is 45.4. The molecule has 0 aromatic heterocycles. The molecule has 0 heterocycles. The minimum absolute atomic E-state index is 0. The van der Waals surface area contributed by atoms with Crippen LogP contribution in [0.5, 0.6) is 0 Å². The smallest absolute Gasteiger partial charge is 0.101 e. The van der Waals surface area contributed by atoms with Crippen LogP contribution in [-0.4, -0.2) is 7.85 Å². The van der Waals surface area contributed by atoms with Gasteiger partial charge < -0.3 is 0 Å². The van der Waals surface area contributed by atoms with Crippen LogP contribution in [0.3, 0.4) is 0 Å². The van der Waals surface area contributed by atoms with Crippen molar-refractivity contribution in [3.05, 3.63) is 0 Å². The van der Waals surface area contributed by atoms with Crippen LogP contribution < -0.4 is 0 Å². The third kappa shape index (κ3) is 18.0. The standard InChI is InChI=1S/C8H19B.2ClH/c1-2-3-4-5-6-7-8-9;;/h2-9H2,1H3;2*1H. The summed E-state index contributed by atoms with van der Waals surface area (Å²) in [7, 11) is 2.26. The minimum Gasteiger partial charge on any atom is -0.147 e. The Labute approximate surface area is 84.8 Å². The predicted octanol–water partition coefficient (Wildman–Crippen LogP) is 3.24. The average molecular weight is 199 g/mol. The Hall–Kier alpha value is 0.645. The van der Waals surface area contributed by atoms with Crippen molar-refractivity contribution in [3.63, 3.8) is 0 Å². The number of rotatable bonds is 6. The summed E-state index contributed by atoms with van der Waals surface area (Å²) in [4.78, 5) is 0. The van der Waals surface area contributed by atoms with E-state index in [2.05, 4.69) is 14.8 Å². The van der Waals surface area contributed by atoms with Crippen LogP contribution in [-0.2, 0) is 0 Å². The summed E-state index contributed by atoms with van der Waals surface area (Å²) < 4.78 is 0. The molecule has 0 rings (SSSR count). The molecule has 0 bridgehead atoms. The molecule has 0 unspecified atom stereocenters. The van der Waals surface area contributed by atoms with E-state index in [1.54, 1.807) is 0 Å². The number of hydrogen-bond acceptors (Lipinski definition) is 0. The maximum atomic E-state index is 2.26. The van der Waals surface area contributed by atoms with E-state index in [-0.39, 0.29) is 24.8 Å². The highest BCUT2D eigenvalue weighted by atomic mass is 35.5. The molecule has 3 heteroatoms. The molecular formula is C8H21BCl2. The normalized spacial score (nSPS) is 8.09. The molecule has 0 amide bonds. The molecule has 0 saturated carbocycles. The van der Waals surface area contributed by atoms with Crippen LogP contribution in [0.15, 0.2) is 0 Å². The van der Waals surface area contributed by atoms with Gasteiger partial charge in [-0.25, -0.2) is 0 Å².